The van der Waals surface area contributed by atoms with Crippen LogP contribution >= 0.6 is 0 Å². The van der Waals surface area contributed by atoms with E-state index in [4.69, 9.17) is 21.7 Å². The van der Waals surface area contributed by atoms with Gasteiger partial charge in [0.1, 0.15) is 5.75 Å². The van der Waals surface area contributed by atoms with Crippen LogP contribution in [-0.2, 0) is 7.05 Å². The molecule has 2 heterocycles. The summed E-state index contributed by atoms with van der Waals surface area (Å²) in [5.41, 5.74) is 10.5. The van der Waals surface area contributed by atoms with Crippen LogP contribution in [0.1, 0.15) is 0 Å². The molecule has 0 atom stereocenters. The summed E-state index contributed by atoms with van der Waals surface area (Å²) >= 11 is 0. The Labute approximate surface area is 155 Å². The van der Waals surface area contributed by atoms with Crippen LogP contribution in [0.5, 0.6) is 5.75 Å². The molecule has 0 amide bonds. The van der Waals surface area contributed by atoms with Gasteiger partial charge >= 0.3 is 0 Å². The van der Waals surface area contributed by atoms with Gasteiger partial charge in [0.2, 0.25) is 0 Å². The number of nitrogens with two attached hydrogens (primary N) is 2. The lowest BCUT2D eigenvalue weighted by molar-refractivity contribution is 0.415. The lowest BCUT2D eigenvalue weighted by atomic mass is 10.0. The monoisotopic (exact) mass is 361 g/mol. The van der Waals surface area contributed by atoms with Gasteiger partial charge < -0.3 is 20.9 Å². The fourth-order valence-corrected chi connectivity index (χ4v) is 3.08. The summed E-state index contributed by atoms with van der Waals surface area (Å²) in [5.74, 6) is 7.03. The predicted octanol–water partition coefficient (Wildman–Crippen LogP) is 1.89. The number of aryl methyl sites for hydroxylation is 1. The van der Waals surface area contributed by atoms with E-state index < -0.39 is 0 Å². The molecule has 0 spiro atoms. The average molecular weight is 361 g/mol. The van der Waals surface area contributed by atoms with Gasteiger partial charge in [-0.25, -0.2) is 14.6 Å². The normalized spacial score (nSPS) is 11.0. The molecule has 27 heavy (non-hydrogen) atoms. The topological polar surface area (TPSA) is 121 Å². The summed E-state index contributed by atoms with van der Waals surface area (Å²) in [4.78, 5) is 8.80. The summed E-state index contributed by atoms with van der Waals surface area (Å²) in [6.45, 7) is 0. The van der Waals surface area contributed by atoms with E-state index in [1.165, 1.54) is 4.68 Å². The summed E-state index contributed by atoms with van der Waals surface area (Å²) in [7, 11) is 3.54. The molecule has 2 aromatic heterocycles. The largest absolute Gasteiger partial charge is 0.497 e. The van der Waals surface area contributed by atoms with E-state index in [2.05, 4.69) is 9.97 Å². The van der Waals surface area contributed by atoms with Gasteiger partial charge in [-0.2, -0.15) is 0 Å². The Morgan fingerprint density at radius 3 is 2.48 bits per heavy atom. The number of imidazole rings is 1. The van der Waals surface area contributed by atoms with Crippen molar-refractivity contribution in [2.24, 2.45) is 7.05 Å². The minimum absolute atomic E-state index is 0.0487. The van der Waals surface area contributed by atoms with Crippen LogP contribution in [0, 0.1) is 5.41 Å². The standard InChI is InChI=1S/C19H19N7O/c1-25-10-23-14-8-5-12(9-15(14)25)17-16(24-18(20)19(21)26(17)22)11-3-6-13(27-2)7-4-11/h3-10,21H,22H2,1-2H3,(H2,20,24). The molecule has 8 nitrogen and oxygen atoms in total. The first-order valence-corrected chi connectivity index (χ1v) is 8.27. The molecule has 0 aliphatic rings. The van der Waals surface area contributed by atoms with Crippen molar-refractivity contribution >= 4 is 16.9 Å². The van der Waals surface area contributed by atoms with Gasteiger partial charge in [0, 0.05) is 18.2 Å². The number of rotatable bonds is 3. The first-order chi connectivity index (χ1) is 13.0. The number of anilines is 1. The van der Waals surface area contributed by atoms with E-state index in [1.54, 1.807) is 13.4 Å². The number of aromatic nitrogens is 4. The number of ether oxygens (including phenoxy) is 1. The number of hydrogen-bond donors (Lipinski definition) is 3. The maximum atomic E-state index is 8.15. The molecule has 0 radical (unpaired) electrons. The molecule has 0 aliphatic carbocycles. The fourth-order valence-electron chi connectivity index (χ4n) is 3.08. The highest BCUT2D eigenvalue weighted by molar-refractivity contribution is 5.86. The lowest BCUT2D eigenvalue weighted by Crippen LogP contribution is -2.32. The quantitative estimate of drug-likeness (QED) is 0.481. The second-order valence-corrected chi connectivity index (χ2v) is 6.20. The van der Waals surface area contributed by atoms with Gasteiger partial charge in [-0.1, -0.05) is 6.07 Å². The maximum absolute atomic E-state index is 8.15. The second-order valence-electron chi connectivity index (χ2n) is 6.20. The molecule has 0 unspecified atom stereocenters. The van der Waals surface area contributed by atoms with Gasteiger partial charge in [0.25, 0.3) is 0 Å². The van der Waals surface area contributed by atoms with Crippen LogP contribution in [0.3, 0.4) is 0 Å². The molecular weight excluding hydrogens is 342 g/mol. The summed E-state index contributed by atoms with van der Waals surface area (Å²) in [5, 5.41) is 8.15. The highest BCUT2D eigenvalue weighted by Gasteiger charge is 2.17. The first-order valence-electron chi connectivity index (χ1n) is 8.27. The van der Waals surface area contributed by atoms with Gasteiger partial charge in [-0.3, -0.25) is 5.41 Å². The van der Waals surface area contributed by atoms with E-state index in [9.17, 15) is 0 Å². The maximum Gasteiger partial charge on any atom is 0.187 e. The van der Waals surface area contributed by atoms with E-state index in [0.717, 1.165) is 27.9 Å². The number of benzene rings is 2. The fraction of sp³-hybridized carbons (Fsp3) is 0.105. The molecule has 0 saturated carbocycles. The van der Waals surface area contributed by atoms with Crippen LogP contribution in [0.4, 0.5) is 5.82 Å². The highest BCUT2D eigenvalue weighted by Crippen LogP contribution is 2.32. The number of fused-ring (bicyclic) bond motifs is 1. The molecular formula is C19H19N7O. The molecule has 8 heteroatoms. The summed E-state index contributed by atoms with van der Waals surface area (Å²) < 4.78 is 8.42. The Bertz CT molecular complexity index is 1210. The Morgan fingerprint density at radius 2 is 1.78 bits per heavy atom. The number of methoxy groups -OCH3 is 1. The van der Waals surface area contributed by atoms with Crippen LogP contribution in [0.15, 0.2) is 48.8 Å². The van der Waals surface area contributed by atoms with Crippen LogP contribution in [0.25, 0.3) is 33.5 Å². The SMILES string of the molecule is COc1ccc(-c2nc(N)c(=N)n(N)c2-c2ccc3ncn(C)c3c2)cc1. The summed E-state index contributed by atoms with van der Waals surface area (Å²) in [6.07, 6.45) is 1.76. The van der Waals surface area contributed by atoms with Crippen LogP contribution < -0.4 is 21.8 Å². The van der Waals surface area contributed by atoms with Crippen molar-refractivity contribution in [3.8, 4) is 28.3 Å². The summed E-state index contributed by atoms with van der Waals surface area (Å²) in [6, 6.07) is 13.3. The Balaban J connectivity index is 2.01. The zero-order valence-electron chi connectivity index (χ0n) is 15.0. The minimum atomic E-state index is -0.0487. The third kappa shape index (κ3) is 2.67. The third-order valence-corrected chi connectivity index (χ3v) is 4.54. The predicted molar refractivity (Wildman–Crippen MR) is 104 cm³/mol. The van der Waals surface area contributed by atoms with E-state index in [0.29, 0.717) is 11.4 Å². The van der Waals surface area contributed by atoms with Crippen molar-refractivity contribution < 1.29 is 4.74 Å². The number of nitrogens with zero attached hydrogens (tertiary/aromatic N) is 4. The molecule has 2 aromatic carbocycles. The molecule has 5 N–H and O–H groups in total. The number of nitrogen functional groups attached to an aromatic ring is 2. The van der Waals surface area contributed by atoms with Gasteiger partial charge in [-0.15, -0.1) is 0 Å². The lowest BCUT2D eigenvalue weighted by Gasteiger charge is -2.16. The smallest absolute Gasteiger partial charge is 0.187 e. The van der Waals surface area contributed by atoms with Gasteiger partial charge in [-0.05, 0) is 36.4 Å². The minimum Gasteiger partial charge on any atom is -0.497 e. The Kier molecular flexibility index (Phi) is 3.80. The average Bonchev–Trinajstić information content (AvgIpc) is 3.06. The van der Waals surface area contributed by atoms with Crippen molar-refractivity contribution in [3.63, 3.8) is 0 Å². The third-order valence-electron chi connectivity index (χ3n) is 4.54. The van der Waals surface area contributed by atoms with Crippen molar-refractivity contribution in [2.75, 3.05) is 18.7 Å². The molecule has 0 bridgehead atoms. The second kappa shape index (κ2) is 6.17. The first kappa shape index (κ1) is 16.6. The van der Waals surface area contributed by atoms with Crippen molar-refractivity contribution in [2.45, 2.75) is 0 Å². The van der Waals surface area contributed by atoms with Crippen LogP contribution in [-0.4, -0.2) is 26.3 Å². The molecule has 4 rings (SSSR count). The molecule has 0 aliphatic heterocycles. The van der Waals surface area contributed by atoms with Gasteiger partial charge in [0.05, 0.1) is 35.9 Å². The van der Waals surface area contributed by atoms with E-state index >= 15 is 0 Å². The van der Waals surface area contributed by atoms with Crippen molar-refractivity contribution in [1.29, 1.82) is 5.41 Å². The highest BCUT2D eigenvalue weighted by atomic mass is 16.5. The van der Waals surface area contributed by atoms with Crippen molar-refractivity contribution in [3.05, 3.63) is 54.3 Å². The van der Waals surface area contributed by atoms with E-state index in [1.807, 2.05) is 54.1 Å². The number of hydrogen-bond acceptors (Lipinski definition) is 6. The van der Waals surface area contributed by atoms with Crippen LogP contribution in [0.2, 0.25) is 0 Å². The zero-order valence-corrected chi connectivity index (χ0v) is 15.0. The van der Waals surface area contributed by atoms with Crippen molar-refractivity contribution in [1.82, 2.24) is 19.2 Å². The molecule has 0 fully saturated rings. The molecule has 136 valence electrons. The van der Waals surface area contributed by atoms with Gasteiger partial charge in [0.15, 0.2) is 11.3 Å². The Morgan fingerprint density at radius 1 is 1.07 bits per heavy atom. The number of nitrogens with one attached hydrogen (secondary N) is 1. The Hall–Kier alpha value is -3.81. The molecule has 4 aromatic rings. The van der Waals surface area contributed by atoms with E-state index in [-0.39, 0.29) is 11.3 Å². The molecule has 0 saturated heterocycles. The zero-order chi connectivity index (χ0) is 19.1.